The molecule has 0 radical (unpaired) electrons. The maximum absolute atomic E-state index is 2.56. The molecule has 1 nitrogen and oxygen atoms in total. The van der Waals surface area contributed by atoms with Gasteiger partial charge < -0.3 is 4.48 Å². The summed E-state index contributed by atoms with van der Waals surface area (Å²) in [7, 11) is 2.56. The average Bonchev–Trinajstić information content (AvgIpc) is 2.97. The number of likely N-dealkylation sites (tertiary alicyclic amines) is 1. The van der Waals surface area contributed by atoms with Crippen LogP contribution in [0.15, 0.2) is 17.5 Å². The lowest BCUT2D eigenvalue weighted by Gasteiger charge is -2.57. The Bertz CT molecular complexity index is 405. The molecule has 0 bridgehead atoms. The zero-order chi connectivity index (χ0) is 13.3. The molecule has 1 aromatic rings. The minimum absolute atomic E-state index is 0.437. The SMILES string of the molecule is CC1CCCC[N+]1(C)C1(c2cccs2)CCCCC1. The Morgan fingerprint density at radius 3 is 2.58 bits per heavy atom. The van der Waals surface area contributed by atoms with E-state index in [1.807, 2.05) is 11.3 Å². The monoisotopic (exact) mass is 278 g/mol. The topological polar surface area (TPSA) is 0 Å². The van der Waals surface area contributed by atoms with Crippen LogP contribution in [0.4, 0.5) is 0 Å². The molecule has 2 atom stereocenters. The molecular weight excluding hydrogens is 250 g/mol. The second kappa shape index (κ2) is 5.21. The Morgan fingerprint density at radius 2 is 1.95 bits per heavy atom. The maximum Gasteiger partial charge on any atom is 0.134 e. The van der Waals surface area contributed by atoms with Crippen LogP contribution in [0, 0.1) is 0 Å². The van der Waals surface area contributed by atoms with Crippen LogP contribution in [0.1, 0.15) is 63.2 Å². The zero-order valence-corrected chi connectivity index (χ0v) is 13.3. The van der Waals surface area contributed by atoms with E-state index in [-0.39, 0.29) is 0 Å². The van der Waals surface area contributed by atoms with E-state index in [1.54, 1.807) is 4.88 Å². The fraction of sp³-hybridized carbons (Fsp3) is 0.765. The van der Waals surface area contributed by atoms with Gasteiger partial charge in [0.1, 0.15) is 5.54 Å². The van der Waals surface area contributed by atoms with Gasteiger partial charge in [0.2, 0.25) is 0 Å². The zero-order valence-electron chi connectivity index (χ0n) is 12.5. The number of piperidine rings is 1. The molecule has 3 rings (SSSR count). The van der Waals surface area contributed by atoms with Gasteiger partial charge in [0.25, 0.3) is 0 Å². The van der Waals surface area contributed by atoms with Gasteiger partial charge in [-0.3, -0.25) is 0 Å². The fourth-order valence-electron chi connectivity index (χ4n) is 4.71. The van der Waals surface area contributed by atoms with Crippen LogP contribution < -0.4 is 0 Å². The van der Waals surface area contributed by atoms with Gasteiger partial charge in [-0.15, -0.1) is 11.3 Å². The summed E-state index contributed by atoms with van der Waals surface area (Å²) in [4.78, 5) is 1.67. The molecule has 0 aromatic carbocycles. The summed E-state index contributed by atoms with van der Waals surface area (Å²) in [5, 5.41) is 2.28. The number of hydrogen-bond donors (Lipinski definition) is 0. The molecule has 0 N–H and O–H groups in total. The van der Waals surface area contributed by atoms with Gasteiger partial charge in [0.15, 0.2) is 0 Å². The largest absolute Gasteiger partial charge is 0.315 e. The Balaban J connectivity index is 2.03. The molecule has 2 aliphatic rings. The molecule has 1 saturated heterocycles. The number of quaternary nitrogens is 1. The summed E-state index contributed by atoms with van der Waals surface area (Å²) < 4.78 is 1.31. The molecule has 1 aromatic heterocycles. The Kier molecular flexibility index (Phi) is 3.74. The second-order valence-corrected chi connectivity index (χ2v) is 7.85. The highest BCUT2D eigenvalue weighted by Gasteiger charge is 2.53. The quantitative estimate of drug-likeness (QED) is 0.673. The number of nitrogens with zero attached hydrogens (tertiary/aromatic N) is 1. The molecule has 1 aliphatic carbocycles. The van der Waals surface area contributed by atoms with E-state index in [0.29, 0.717) is 5.54 Å². The summed E-state index contributed by atoms with van der Waals surface area (Å²) in [5.74, 6) is 0. The molecule has 2 heterocycles. The number of thiophene rings is 1. The smallest absolute Gasteiger partial charge is 0.134 e. The highest BCUT2D eigenvalue weighted by molar-refractivity contribution is 7.10. The van der Waals surface area contributed by atoms with Gasteiger partial charge in [0.05, 0.1) is 24.5 Å². The first-order chi connectivity index (χ1) is 9.19. The fourth-order valence-corrected chi connectivity index (χ4v) is 5.80. The van der Waals surface area contributed by atoms with E-state index in [9.17, 15) is 0 Å². The molecule has 1 aliphatic heterocycles. The van der Waals surface area contributed by atoms with Crippen LogP contribution in [0.25, 0.3) is 0 Å². The van der Waals surface area contributed by atoms with Crippen molar-refractivity contribution in [2.24, 2.45) is 0 Å². The first-order valence-electron chi connectivity index (χ1n) is 8.08. The van der Waals surface area contributed by atoms with Crippen molar-refractivity contribution in [3.8, 4) is 0 Å². The lowest BCUT2D eigenvalue weighted by atomic mass is 9.75. The van der Waals surface area contributed by atoms with Crippen LogP contribution >= 0.6 is 11.3 Å². The molecule has 1 saturated carbocycles. The van der Waals surface area contributed by atoms with Crippen molar-refractivity contribution in [2.75, 3.05) is 13.6 Å². The predicted octanol–water partition coefficient (Wildman–Crippen LogP) is 4.93. The van der Waals surface area contributed by atoms with Gasteiger partial charge in [-0.05, 0) is 50.5 Å². The third-order valence-electron chi connectivity index (χ3n) is 6.11. The van der Waals surface area contributed by atoms with Gasteiger partial charge >= 0.3 is 0 Å². The molecule has 2 fully saturated rings. The summed E-state index contributed by atoms with van der Waals surface area (Å²) in [6, 6.07) is 5.51. The molecule has 0 amide bonds. The Hall–Kier alpha value is -0.340. The Morgan fingerprint density at radius 1 is 1.16 bits per heavy atom. The van der Waals surface area contributed by atoms with E-state index in [2.05, 4.69) is 31.5 Å². The van der Waals surface area contributed by atoms with Crippen molar-refractivity contribution in [3.05, 3.63) is 22.4 Å². The highest BCUT2D eigenvalue weighted by Crippen LogP contribution is 2.50. The van der Waals surface area contributed by atoms with Gasteiger partial charge in [0, 0.05) is 12.8 Å². The Labute approximate surface area is 122 Å². The van der Waals surface area contributed by atoms with Crippen LogP contribution in [-0.2, 0) is 5.54 Å². The normalized spacial score (nSPS) is 35.2. The standard InChI is InChI=1S/C17H28NS/c1-15-9-4-7-13-18(15,2)17(11-5-3-6-12-17)16-10-8-14-19-16/h8,10,14-15H,3-7,9,11-13H2,1-2H3/q+1. The first kappa shape index (κ1) is 13.6. The lowest BCUT2D eigenvalue weighted by Crippen LogP contribution is -2.66. The predicted molar refractivity (Wildman–Crippen MR) is 83.4 cm³/mol. The maximum atomic E-state index is 2.56. The van der Waals surface area contributed by atoms with Gasteiger partial charge in [-0.25, -0.2) is 0 Å². The van der Waals surface area contributed by atoms with E-state index >= 15 is 0 Å². The van der Waals surface area contributed by atoms with Crippen molar-refractivity contribution < 1.29 is 4.48 Å². The molecule has 106 valence electrons. The lowest BCUT2D eigenvalue weighted by molar-refractivity contribution is -0.992. The minimum atomic E-state index is 0.437. The third-order valence-corrected chi connectivity index (χ3v) is 7.17. The van der Waals surface area contributed by atoms with E-state index in [1.165, 1.54) is 62.4 Å². The second-order valence-electron chi connectivity index (χ2n) is 6.91. The minimum Gasteiger partial charge on any atom is -0.315 e. The summed E-state index contributed by atoms with van der Waals surface area (Å²) in [5.41, 5.74) is 0.437. The molecule has 19 heavy (non-hydrogen) atoms. The van der Waals surface area contributed by atoms with Crippen molar-refractivity contribution in [3.63, 3.8) is 0 Å². The van der Waals surface area contributed by atoms with E-state index < -0.39 is 0 Å². The van der Waals surface area contributed by atoms with Gasteiger partial charge in [-0.2, -0.15) is 0 Å². The van der Waals surface area contributed by atoms with Crippen molar-refractivity contribution in [2.45, 2.75) is 69.9 Å². The summed E-state index contributed by atoms with van der Waals surface area (Å²) in [6.45, 7) is 3.89. The molecule has 2 unspecified atom stereocenters. The molecule has 0 spiro atoms. The van der Waals surface area contributed by atoms with Gasteiger partial charge in [-0.1, -0.05) is 12.5 Å². The first-order valence-corrected chi connectivity index (χ1v) is 8.96. The van der Waals surface area contributed by atoms with Crippen LogP contribution in [-0.4, -0.2) is 24.1 Å². The highest BCUT2D eigenvalue weighted by atomic mass is 32.1. The average molecular weight is 278 g/mol. The molecule has 2 heteroatoms. The van der Waals surface area contributed by atoms with E-state index in [4.69, 9.17) is 0 Å². The van der Waals surface area contributed by atoms with Crippen LogP contribution in [0.3, 0.4) is 0 Å². The van der Waals surface area contributed by atoms with Crippen LogP contribution in [0.5, 0.6) is 0 Å². The summed E-state index contributed by atoms with van der Waals surface area (Å²) >= 11 is 2.01. The molecular formula is C17H28NS+. The van der Waals surface area contributed by atoms with Crippen molar-refractivity contribution >= 4 is 11.3 Å². The summed E-state index contributed by atoms with van der Waals surface area (Å²) in [6.07, 6.45) is 11.4. The van der Waals surface area contributed by atoms with Crippen molar-refractivity contribution in [1.29, 1.82) is 0 Å². The number of hydrogen-bond acceptors (Lipinski definition) is 1. The number of rotatable bonds is 2. The van der Waals surface area contributed by atoms with Crippen molar-refractivity contribution in [1.82, 2.24) is 0 Å². The van der Waals surface area contributed by atoms with Crippen LogP contribution in [0.2, 0.25) is 0 Å². The van der Waals surface area contributed by atoms with E-state index in [0.717, 1.165) is 6.04 Å². The third kappa shape index (κ3) is 2.08.